The van der Waals surface area contributed by atoms with Crippen LogP contribution in [0, 0.1) is 13.8 Å². The fourth-order valence-electron chi connectivity index (χ4n) is 2.86. The smallest absolute Gasteiger partial charge is 0.407 e. The van der Waals surface area contributed by atoms with E-state index in [-0.39, 0.29) is 12.4 Å². The topological polar surface area (TPSA) is 94.8 Å². The van der Waals surface area contributed by atoms with Crippen LogP contribution in [0.4, 0.5) is 4.79 Å². The van der Waals surface area contributed by atoms with Gasteiger partial charge in [-0.05, 0) is 65.2 Å². The summed E-state index contributed by atoms with van der Waals surface area (Å²) in [5.41, 5.74) is 0.932. The van der Waals surface area contributed by atoms with Gasteiger partial charge in [-0.25, -0.2) is 9.59 Å². The maximum absolute atomic E-state index is 12.1. The molecule has 2 rings (SSSR count). The molecule has 7 heteroatoms. The van der Waals surface area contributed by atoms with Crippen LogP contribution in [0.25, 0.3) is 11.0 Å². The van der Waals surface area contributed by atoms with Crippen molar-refractivity contribution in [3.8, 4) is 5.75 Å². The molecule has 2 aromatic rings. The molecule has 1 aromatic carbocycles. The summed E-state index contributed by atoms with van der Waals surface area (Å²) in [7, 11) is 0. The van der Waals surface area contributed by atoms with Crippen molar-refractivity contribution in [3.63, 3.8) is 0 Å². The first-order valence-electron chi connectivity index (χ1n) is 9.78. The number of aryl methyl sites for hydroxylation is 2. The minimum Gasteiger partial charge on any atom is -0.444 e. The Morgan fingerprint density at radius 3 is 2.52 bits per heavy atom. The lowest BCUT2D eigenvalue weighted by Crippen LogP contribution is -2.33. The summed E-state index contributed by atoms with van der Waals surface area (Å²) in [5.74, 6) is 0.0467. The molecule has 0 fully saturated rings. The highest BCUT2D eigenvalue weighted by molar-refractivity contribution is 5.85. The summed E-state index contributed by atoms with van der Waals surface area (Å²) < 4.78 is 15.9. The predicted octanol–water partition coefficient (Wildman–Crippen LogP) is 4.40. The molecule has 0 saturated carbocycles. The maximum atomic E-state index is 12.1. The van der Waals surface area contributed by atoms with E-state index in [2.05, 4.69) is 5.32 Å². The first-order valence-corrected chi connectivity index (χ1v) is 9.78. The second-order valence-electron chi connectivity index (χ2n) is 8.03. The third kappa shape index (κ3) is 6.93. The average molecular weight is 403 g/mol. The van der Waals surface area contributed by atoms with Gasteiger partial charge < -0.3 is 19.2 Å². The molecule has 1 aromatic heterocycles. The van der Waals surface area contributed by atoms with Crippen LogP contribution in [0.1, 0.15) is 57.6 Å². The van der Waals surface area contributed by atoms with E-state index in [1.165, 1.54) is 6.07 Å². The van der Waals surface area contributed by atoms with Gasteiger partial charge in [0.05, 0.1) is 0 Å². The number of amides is 1. The Hall–Kier alpha value is -2.83. The number of alkyl carbamates (subject to hydrolysis) is 1. The van der Waals surface area contributed by atoms with E-state index < -0.39 is 17.3 Å². The molecule has 1 amide bonds. The normalized spacial score (nSPS) is 11.3. The highest BCUT2D eigenvalue weighted by atomic mass is 16.6. The van der Waals surface area contributed by atoms with Crippen molar-refractivity contribution < 1.29 is 23.5 Å². The first-order chi connectivity index (χ1) is 13.6. The van der Waals surface area contributed by atoms with Gasteiger partial charge in [0.15, 0.2) is 0 Å². The van der Waals surface area contributed by atoms with Crippen molar-refractivity contribution in [2.45, 2.75) is 65.9 Å². The van der Waals surface area contributed by atoms with Crippen molar-refractivity contribution in [3.05, 3.63) is 39.7 Å². The van der Waals surface area contributed by atoms with E-state index >= 15 is 0 Å². The lowest BCUT2D eigenvalue weighted by molar-refractivity contribution is -0.134. The van der Waals surface area contributed by atoms with Gasteiger partial charge in [-0.2, -0.15) is 0 Å². The number of carbonyl (C=O) groups excluding carboxylic acids is 2. The van der Waals surface area contributed by atoms with Crippen molar-refractivity contribution in [2.75, 3.05) is 6.54 Å². The van der Waals surface area contributed by atoms with Crippen LogP contribution in [0.5, 0.6) is 5.75 Å². The van der Waals surface area contributed by atoms with Gasteiger partial charge in [0.2, 0.25) is 0 Å². The van der Waals surface area contributed by atoms with Gasteiger partial charge in [-0.15, -0.1) is 0 Å². The van der Waals surface area contributed by atoms with Gasteiger partial charge in [-0.3, -0.25) is 4.79 Å². The minimum atomic E-state index is -0.518. The number of fused-ring (bicyclic) bond motifs is 1. The number of ether oxygens (including phenoxy) is 2. The number of rotatable bonds is 7. The Morgan fingerprint density at radius 1 is 1.10 bits per heavy atom. The van der Waals surface area contributed by atoms with Gasteiger partial charge >= 0.3 is 17.7 Å². The minimum absolute atomic E-state index is 0.266. The van der Waals surface area contributed by atoms with E-state index in [0.29, 0.717) is 29.9 Å². The van der Waals surface area contributed by atoms with Gasteiger partial charge in [0.1, 0.15) is 16.9 Å². The summed E-state index contributed by atoms with van der Waals surface area (Å²) in [6, 6.07) is 4.93. The molecule has 158 valence electrons. The summed E-state index contributed by atoms with van der Waals surface area (Å²) in [6.45, 7) is 9.52. The fraction of sp³-hybridized carbons (Fsp3) is 0.500. The van der Waals surface area contributed by atoms with E-state index in [1.54, 1.807) is 19.1 Å². The van der Waals surface area contributed by atoms with Crippen LogP contribution in [-0.2, 0) is 9.53 Å². The monoisotopic (exact) mass is 403 g/mol. The SMILES string of the molecule is Cc1cc(=O)oc2c(C)c(OC(=O)CCCCCNC(=O)OC(C)(C)C)ccc12. The van der Waals surface area contributed by atoms with E-state index in [4.69, 9.17) is 13.9 Å². The molecule has 29 heavy (non-hydrogen) atoms. The van der Waals surface area contributed by atoms with Gasteiger partial charge in [-0.1, -0.05) is 6.42 Å². The van der Waals surface area contributed by atoms with Crippen molar-refractivity contribution >= 4 is 23.0 Å². The quantitative estimate of drug-likeness (QED) is 0.319. The van der Waals surface area contributed by atoms with Crippen molar-refractivity contribution in [1.82, 2.24) is 5.32 Å². The first kappa shape index (κ1) is 22.5. The van der Waals surface area contributed by atoms with E-state index in [9.17, 15) is 14.4 Å². The van der Waals surface area contributed by atoms with Crippen molar-refractivity contribution in [1.29, 1.82) is 0 Å². The number of unbranched alkanes of at least 4 members (excludes halogenated alkanes) is 2. The molecule has 1 N–H and O–H groups in total. The molecule has 0 radical (unpaired) electrons. The second kappa shape index (κ2) is 9.58. The van der Waals surface area contributed by atoms with E-state index in [1.807, 2.05) is 27.7 Å². The predicted molar refractivity (Wildman–Crippen MR) is 110 cm³/mol. The molecule has 0 spiro atoms. The van der Waals surface area contributed by atoms with Crippen LogP contribution < -0.4 is 15.7 Å². The third-order valence-corrected chi connectivity index (χ3v) is 4.27. The number of hydrogen-bond donors (Lipinski definition) is 1. The zero-order valence-corrected chi connectivity index (χ0v) is 17.7. The molecule has 0 saturated heterocycles. The Labute approximate surface area is 170 Å². The number of esters is 1. The molecule has 0 unspecified atom stereocenters. The van der Waals surface area contributed by atoms with Crippen molar-refractivity contribution in [2.24, 2.45) is 0 Å². The van der Waals surface area contributed by atoms with Crippen LogP contribution in [0.2, 0.25) is 0 Å². The third-order valence-electron chi connectivity index (χ3n) is 4.27. The van der Waals surface area contributed by atoms with Gasteiger partial charge in [0, 0.05) is 30.0 Å². The molecular weight excluding hydrogens is 374 g/mol. The Bertz CT molecular complexity index is 939. The lowest BCUT2D eigenvalue weighted by atomic mass is 10.1. The number of benzene rings is 1. The summed E-state index contributed by atoms with van der Waals surface area (Å²) in [4.78, 5) is 35.3. The molecule has 7 nitrogen and oxygen atoms in total. The standard InChI is InChI=1S/C22H29NO6/c1-14-13-19(25)28-20-15(2)17(11-10-16(14)20)27-18(24)9-7-6-8-12-23-21(26)29-22(3,4)5/h10-11,13H,6-9,12H2,1-5H3,(H,23,26). The largest absolute Gasteiger partial charge is 0.444 e. The summed E-state index contributed by atoms with van der Waals surface area (Å²) in [6.07, 6.45) is 1.99. The van der Waals surface area contributed by atoms with E-state index in [0.717, 1.165) is 23.8 Å². The Morgan fingerprint density at radius 2 is 1.83 bits per heavy atom. The molecule has 0 aliphatic carbocycles. The fourth-order valence-corrected chi connectivity index (χ4v) is 2.86. The van der Waals surface area contributed by atoms with Crippen LogP contribution in [0.3, 0.4) is 0 Å². The highest BCUT2D eigenvalue weighted by Gasteiger charge is 2.16. The zero-order chi connectivity index (χ0) is 21.6. The maximum Gasteiger partial charge on any atom is 0.407 e. The average Bonchev–Trinajstić information content (AvgIpc) is 2.59. The number of carbonyl (C=O) groups is 2. The summed E-state index contributed by atoms with van der Waals surface area (Å²) in [5, 5.41) is 3.51. The molecule has 0 atom stereocenters. The molecular formula is C22H29NO6. The zero-order valence-electron chi connectivity index (χ0n) is 17.7. The number of hydrogen-bond acceptors (Lipinski definition) is 6. The highest BCUT2D eigenvalue weighted by Crippen LogP contribution is 2.28. The Balaban J connectivity index is 1.78. The van der Waals surface area contributed by atoms with Gasteiger partial charge in [0.25, 0.3) is 0 Å². The lowest BCUT2D eigenvalue weighted by Gasteiger charge is -2.19. The molecule has 0 bridgehead atoms. The number of nitrogens with one attached hydrogen (secondary N) is 1. The van der Waals surface area contributed by atoms with Crippen LogP contribution >= 0.6 is 0 Å². The van der Waals surface area contributed by atoms with Crippen LogP contribution in [-0.4, -0.2) is 24.2 Å². The molecule has 0 aliphatic heterocycles. The molecule has 1 heterocycles. The second-order valence-corrected chi connectivity index (χ2v) is 8.03. The molecule has 0 aliphatic rings. The summed E-state index contributed by atoms with van der Waals surface area (Å²) >= 11 is 0. The van der Waals surface area contributed by atoms with Crippen LogP contribution in [0.15, 0.2) is 27.4 Å². The Kier molecular flexibility index (Phi) is 7.42.